The lowest BCUT2D eigenvalue weighted by molar-refractivity contribution is 0.215. The first-order valence-corrected chi connectivity index (χ1v) is 10.5. The molecule has 0 radical (unpaired) electrons. The zero-order chi connectivity index (χ0) is 20.5. The van der Waals surface area contributed by atoms with Crippen molar-refractivity contribution in [3.63, 3.8) is 0 Å². The summed E-state index contributed by atoms with van der Waals surface area (Å²) in [5.41, 5.74) is 0.137. The lowest BCUT2D eigenvalue weighted by Gasteiger charge is -2.10. The molecule has 0 aliphatic heterocycles. The van der Waals surface area contributed by atoms with E-state index in [1.165, 1.54) is 18.2 Å². The van der Waals surface area contributed by atoms with Gasteiger partial charge in [0.15, 0.2) is 0 Å². The van der Waals surface area contributed by atoms with Gasteiger partial charge in [-0.25, -0.2) is 4.79 Å². The third-order valence-electron chi connectivity index (χ3n) is 3.67. The minimum Gasteiger partial charge on any atom is -0.410 e. The van der Waals surface area contributed by atoms with Crippen molar-refractivity contribution in [3.8, 4) is 5.75 Å². The normalized spacial score (nSPS) is 11.9. The van der Waals surface area contributed by atoms with Crippen LogP contribution >= 0.6 is 0 Å². The van der Waals surface area contributed by atoms with Crippen LogP contribution < -0.4 is 10.1 Å². The molecule has 3 aromatic carbocycles. The molecule has 28 heavy (non-hydrogen) atoms. The quantitative estimate of drug-likeness (QED) is 0.543. The second-order valence-corrected chi connectivity index (χ2v) is 8.45. The van der Waals surface area contributed by atoms with Crippen LogP contribution in [0.4, 0.5) is 10.5 Å². The van der Waals surface area contributed by atoms with Crippen LogP contribution in [-0.4, -0.2) is 32.0 Å². The van der Waals surface area contributed by atoms with Crippen molar-refractivity contribution in [1.29, 1.82) is 0 Å². The number of nitrogens with one attached hydrogen (secondary N) is 1. The van der Waals surface area contributed by atoms with Crippen molar-refractivity contribution < 1.29 is 35.5 Å². The van der Waals surface area contributed by atoms with E-state index in [-0.39, 0.29) is 22.2 Å². The van der Waals surface area contributed by atoms with E-state index >= 15 is 0 Å². The maximum Gasteiger partial charge on any atom is 0.417 e. The number of benzene rings is 3. The maximum atomic E-state index is 12.0. The first kappa shape index (κ1) is 19.8. The van der Waals surface area contributed by atoms with E-state index in [1.54, 1.807) is 30.3 Å². The van der Waals surface area contributed by atoms with E-state index in [2.05, 4.69) is 5.32 Å². The number of ether oxygens (including phenoxy) is 1. The van der Waals surface area contributed by atoms with Crippen LogP contribution in [0.15, 0.2) is 70.5 Å². The molecule has 0 spiro atoms. The summed E-state index contributed by atoms with van der Waals surface area (Å²) in [5, 5.41) is 2.44. The molecule has 0 saturated carbocycles. The molecular formula is C17H13NO8S2. The summed E-state index contributed by atoms with van der Waals surface area (Å²) in [5.74, 6) is 0.289. The van der Waals surface area contributed by atoms with Crippen molar-refractivity contribution in [2.45, 2.75) is 9.79 Å². The first-order valence-electron chi connectivity index (χ1n) is 7.61. The summed E-state index contributed by atoms with van der Waals surface area (Å²) < 4.78 is 69.7. The summed E-state index contributed by atoms with van der Waals surface area (Å²) in [6.45, 7) is 0. The van der Waals surface area contributed by atoms with Gasteiger partial charge in [-0.15, -0.1) is 0 Å². The van der Waals surface area contributed by atoms with Crippen molar-refractivity contribution in [2.24, 2.45) is 0 Å². The molecule has 0 heterocycles. The lowest BCUT2D eigenvalue weighted by Crippen LogP contribution is -2.16. The fraction of sp³-hybridized carbons (Fsp3) is 0. The largest absolute Gasteiger partial charge is 0.417 e. The molecule has 11 heteroatoms. The second kappa shape index (κ2) is 7.20. The van der Waals surface area contributed by atoms with Crippen LogP contribution in [0.3, 0.4) is 0 Å². The van der Waals surface area contributed by atoms with Gasteiger partial charge in [-0.3, -0.25) is 14.4 Å². The van der Waals surface area contributed by atoms with Crippen LogP contribution in [0.2, 0.25) is 0 Å². The lowest BCUT2D eigenvalue weighted by atomic mass is 10.1. The minimum absolute atomic E-state index is 0.0626. The Morgan fingerprint density at radius 2 is 1.54 bits per heavy atom. The molecule has 3 aromatic rings. The highest BCUT2D eigenvalue weighted by molar-refractivity contribution is 7.86. The van der Waals surface area contributed by atoms with Crippen molar-refractivity contribution in [2.75, 3.05) is 5.32 Å². The average Bonchev–Trinajstić information content (AvgIpc) is 2.60. The molecular weight excluding hydrogens is 410 g/mol. The number of carbonyl (C=O) groups is 1. The van der Waals surface area contributed by atoms with Gasteiger partial charge >= 0.3 is 6.09 Å². The monoisotopic (exact) mass is 423 g/mol. The second-order valence-electron chi connectivity index (χ2n) is 5.64. The molecule has 0 aliphatic carbocycles. The van der Waals surface area contributed by atoms with Crippen molar-refractivity contribution in [1.82, 2.24) is 0 Å². The van der Waals surface area contributed by atoms with Gasteiger partial charge in [0.2, 0.25) is 0 Å². The van der Waals surface area contributed by atoms with Gasteiger partial charge in [0.25, 0.3) is 20.2 Å². The molecule has 1 amide bonds. The molecule has 0 bridgehead atoms. The molecule has 0 aromatic heterocycles. The van der Waals surface area contributed by atoms with E-state index in [0.717, 1.165) is 6.07 Å². The van der Waals surface area contributed by atoms with Crippen LogP contribution in [0.1, 0.15) is 0 Å². The molecule has 0 atom stereocenters. The van der Waals surface area contributed by atoms with E-state index in [0.29, 0.717) is 6.07 Å². The predicted molar refractivity (Wildman–Crippen MR) is 99.7 cm³/mol. The Labute approximate surface area is 160 Å². The average molecular weight is 423 g/mol. The van der Waals surface area contributed by atoms with Gasteiger partial charge in [0.1, 0.15) is 10.6 Å². The van der Waals surface area contributed by atoms with Gasteiger partial charge in [-0.1, -0.05) is 24.3 Å². The Morgan fingerprint density at radius 3 is 2.14 bits per heavy atom. The van der Waals surface area contributed by atoms with Gasteiger partial charge < -0.3 is 4.74 Å². The van der Waals surface area contributed by atoms with E-state index in [1.807, 2.05) is 0 Å². The van der Waals surface area contributed by atoms with Crippen LogP contribution in [0, 0.1) is 0 Å². The SMILES string of the molecule is O=C(Nc1ccc2cc(S(=O)(=O)O)cc(S(=O)(=O)O)c2c1)Oc1ccccc1. The van der Waals surface area contributed by atoms with E-state index in [4.69, 9.17) is 4.74 Å². The van der Waals surface area contributed by atoms with Crippen LogP contribution in [0.25, 0.3) is 10.8 Å². The number of anilines is 1. The number of carbonyl (C=O) groups excluding carboxylic acids is 1. The number of rotatable bonds is 4. The number of fused-ring (bicyclic) bond motifs is 1. The molecule has 3 N–H and O–H groups in total. The first-order chi connectivity index (χ1) is 13.0. The third kappa shape index (κ3) is 4.46. The van der Waals surface area contributed by atoms with E-state index < -0.39 is 36.1 Å². The summed E-state index contributed by atoms with van der Waals surface area (Å²) >= 11 is 0. The van der Waals surface area contributed by atoms with Gasteiger partial charge in [0.05, 0.1) is 4.90 Å². The van der Waals surface area contributed by atoms with Gasteiger partial charge in [0, 0.05) is 11.1 Å². The van der Waals surface area contributed by atoms with E-state index in [9.17, 15) is 30.7 Å². The Bertz CT molecular complexity index is 1270. The number of amides is 1. The Hall–Kier alpha value is -2.99. The molecule has 146 valence electrons. The molecule has 3 rings (SSSR count). The summed E-state index contributed by atoms with van der Waals surface area (Å²) in [6, 6.07) is 13.8. The van der Waals surface area contributed by atoms with Gasteiger partial charge in [-0.2, -0.15) is 16.8 Å². The standard InChI is InChI=1S/C17H13NO8S2/c19-17(26-13-4-2-1-3-5-13)18-12-7-6-11-8-14(27(20,21)22)10-16(15(11)9-12)28(23,24)25/h1-10H,(H,18,19)(H,20,21,22)(H,23,24,25). The molecule has 0 saturated heterocycles. The molecule has 0 fully saturated rings. The summed E-state index contributed by atoms with van der Waals surface area (Å²) in [7, 11) is -9.53. The fourth-order valence-corrected chi connectivity index (χ4v) is 3.82. The van der Waals surface area contributed by atoms with Gasteiger partial charge in [-0.05, 0) is 41.8 Å². The summed E-state index contributed by atoms with van der Waals surface area (Å²) in [4.78, 5) is 10.5. The summed E-state index contributed by atoms with van der Waals surface area (Å²) in [6.07, 6.45) is -0.839. The zero-order valence-corrected chi connectivity index (χ0v) is 15.6. The third-order valence-corrected chi connectivity index (χ3v) is 5.39. The van der Waals surface area contributed by atoms with Crippen LogP contribution in [0.5, 0.6) is 5.75 Å². The maximum absolute atomic E-state index is 12.0. The highest BCUT2D eigenvalue weighted by Gasteiger charge is 2.21. The number of hydrogen-bond acceptors (Lipinski definition) is 6. The Kier molecular flexibility index (Phi) is 5.08. The fourth-order valence-electron chi connectivity index (χ4n) is 2.48. The van der Waals surface area contributed by atoms with Crippen LogP contribution in [-0.2, 0) is 20.2 Å². The minimum atomic E-state index is -4.83. The van der Waals surface area contributed by atoms with Crippen molar-refractivity contribution >= 4 is 42.8 Å². The number of hydrogen-bond donors (Lipinski definition) is 3. The molecule has 0 unspecified atom stereocenters. The Morgan fingerprint density at radius 1 is 0.857 bits per heavy atom. The highest BCUT2D eigenvalue weighted by atomic mass is 32.2. The predicted octanol–water partition coefficient (Wildman–Crippen LogP) is 2.94. The topological polar surface area (TPSA) is 147 Å². The van der Waals surface area contributed by atoms with Crippen molar-refractivity contribution in [3.05, 3.63) is 60.7 Å². The number of para-hydroxylation sites is 1. The zero-order valence-electron chi connectivity index (χ0n) is 13.9. The Balaban J connectivity index is 2.02. The smallest absolute Gasteiger partial charge is 0.410 e. The molecule has 9 nitrogen and oxygen atoms in total. The highest BCUT2D eigenvalue weighted by Crippen LogP contribution is 2.29. The molecule has 0 aliphatic rings.